The van der Waals surface area contributed by atoms with Crippen molar-refractivity contribution < 1.29 is 16.8 Å². The summed E-state index contributed by atoms with van der Waals surface area (Å²) in [5, 5.41) is 0. The predicted octanol–water partition coefficient (Wildman–Crippen LogP) is 4.37. The molecule has 3 aromatic carbocycles. The van der Waals surface area contributed by atoms with Gasteiger partial charge in [0.2, 0.25) is 0 Å². The Morgan fingerprint density at radius 1 is 0.774 bits per heavy atom. The van der Waals surface area contributed by atoms with Gasteiger partial charge in [-0.3, -0.25) is 4.31 Å². The van der Waals surface area contributed by atoms with E-state index in [1.807, 2.05) is 13.8 Å². The SMILES string of the molecule is C=C1c2ccccc2N(S(=O)(=O)c2ccc(C)cc2)C1CS(=O)(=O)c1ccc(C)cc1. The summed E-state index contributed by atoms with van der Waals surface area (Å²) in [5.41, 5.74) is 3.44. The lowest BCUT2D eigenvalue weighted by Gasteiger charge is -2.27. The highest BCUT2D eigenvalue weighted by molar-refractivity contribution is 7.93. The van der Waals surface area contributed by atoms with Crippen LogP contribution in [0, 0.1) is 13.8 Å². The summed E-state index contributed by atoms with van der Waals surface area (Å²) in [5.74, 6) is -0.394. The van der Waals surface area contributed by atoms with Gasteiger partial charge in [0.05, 0.1) is 27.3 Å². The van der Waals surface area contributed by atoms with Gasteiger partial charge in [-0.05, 0) is 49.8 Å². The van der Waals surface area contributed by atoms with Gasteiger partial charge in [-0.25, -0.2) is 16.8 Å². The van der Waals surface area contributed by atoms with Gasteiger partial charge in [-0.2, -0.15) is 0 Å². The van der Waals surface area contributed by atoms with E-state index in [1.165, 1.54) is 4.31 Å². The van der Waals surface area contributed by atoms with Crippen LogP contribution in [0.1, 0.15) is 16.7 Å². The third-order valence-electron chi connectivity index (χ3n) is 5.51. The number of rotatable bonds is 5. The van der Waals surface area contributed by atoms with Crippen molar-refractivity contribution >= 4 is 31.1 Å². The zero-order valence-electron chi connectivity index (χ0n) is 17.3. The molecule has 1 aliphatic rings. The summed E-state index contributed by atoms with van der Waals surface area (Å²) in [6.45, 7) is 7.82. The van der Waals surface area contributed by atoms with Gasteiger partial charge in [-0.15, -0.1) is 0 Å². The van der Waals surface area contributed by atoms with Gasteiger partial charge in [-0.1, -0.05) is 60.2 Å². The number of anilines is 1. The van der Waals surface area contributed by atoms with E-state index in [-0.39, 0.29) is 9.79 Å². The van der Waals surface area contributed by atoms with E-state index >= 15 is 0 Å². The maximum atomic E-state index is 13.6. The van der Waals surface area contributed by atoms with Crippen LogP contribution >= 0.6 is 0 Å². The minimum absolute atomic E-state index is 0.111. The van der Waals surface area contributed by atoms with Crippen molar-refractivity contribution in [2.24, 2.45) is 0 Å². The van der Waals surface area contributed by atoms with E-state index in [4.69, 9.17) is 0 Å². The number of para-hydroxylation sites is 1. The van der Waals surface area contributed by atoms with Crippen LogP contribution in [0.3, 0.4) is 0 Å². The van der Waals surface area contributed by atoms with Crippen molar-refractivity contribution in [3.05, 3.63) is 96.1 Å². The fraction of sp³-hybridized carbons (Fsp3) is 0.167. The molecule has 7 heteroatoms. The van der Waals surface area contributed by atoms with Crippen molar-refractivity contribution in [3.8, 4) is 0 Å². The molecule has 1 atom stereocenters. The van der Waals surface area contributed by atoms with E-state index in [9.17, 15) is 16.8 Å². The van der Waals surface area contributed by atoms with Crippen LogP contribution in [-0.2, 0) is 19.9 Å². The van der Waals surface area contributed by atoms with Crippen molar-refractivity contribution in [3.63, 3.8) is 0 Å². The van der Waals surface area contributed by atoms with Crippen molar-refractivity contribution in [2.75, 3.05) is 10.1 Å². The second-order valence-corrected chi connectivity index (χ2v) is 11.6. The molecule has 1 aliphatic heterocycles. The molecule has 0 saturated carbocycles. The molecule has 0 fully saturated rings. The smallest absolute Gasteiger partial charge is 0.257 e. The second kappa shape index (κ2) is 7.66. The minimum Gasteiger partial charge on any atom is -0.257 e. The number of hydrogen-bond donors (Lipinski definition) is 0. The quantitative estimate of drug-likeness (QED) is 0.575. The first-order valence-electron chi connectivity index (χ1n) is 9.80. The fourth-order valence-electron chi connectivity index (χ4n) is 3.77. The molecule has 0 aromatic heterocycles. The van der Waals surface area contributed by atoms with Crippen LogP contribution in [0.2, 0.25) is 0 Å². The number of hydrogen-bond acceptors (Lipinski definition) is 4. The Labute approximate surface area is 183 Å². The van der Waals surface area contributed by atoms with Gasteiger partial charge in [0.25, 0.3) is 10.0 Å². The molecule has 0 aliphatic carbocycles. The van der Waals surface area contributed by atoms with Gasteiger partial charge >= 0.3 is 0 Å². The summed E-state index contributed by atoms with van der Waals surface area (Å²) in [6, 6.07) is 19.1. The molecule has 1 heterocycles. The average Bonchev–Trinajstić information content (AvgIpc) is 3.01. The zero-order chi connectivity index (χ0) is 22.4. The number of benzene rings is 3. The molecular formula is C24H23NO4S2. The number of sulfone groups is 1. The largest absolute Gasteiger partial charge is 0.264 e. The Morgan fingerprint density at radius 2 is 1.29 bits per heavy atom. The first kappa shape index (κ1) is 21.3. The van der Waals surface area contributed by atoms with Crippen LogP contribution in [0.15, 0.2) is 89.2 Å². The molecule has 0 spiro atoms. The molecule has 3 aromatic rings. The lowest BCUT2D eigenvalue weighted by molar-refractivity contribution is 0.584. The molecule has 160 valence electrons. The summed E-state index contributed by atoms with van der Waals surface area (Å²) < 4.78 is 54.8. The number of sulfonamides is 1. The number of aryl methyl sites for hydroxylation is 2. The van der Waals surface area contributed by atoms with Crippen molar-refractivity contribution in [2.45, 2.75) is 29.7 Å². The maximum absolute atomic E-state index is 13.6. The zero-order valence-corrected chi connectivity index (χ0v) is 18.9. The van der Waals surface area contributed by atoms with Crippen LogP contribution in [0.25, 0.3) is 5.57 Å². The first-order valence-corrected chi connectivity index (χ1v) is 12.9. The van der Waals surface area contributed by atoms with Crippen LogP contribution in [0.5, 0.6) is 0 Å². The minimum atomic E-state index is -4.00. The monoisotopic (exact) mass is 453 g/mol. The summed E-state index contributed by atoms with van der Waals surface area (Å²) >= 11 is 0. The highest BCUT2D eigenvalue weighted by Crippen LogP contribution is 2.43. The third-order valence-corrected chi connectivity index (χ3v) is 9.09. The highest BCUT2D eigenvalue weighted by atomic mass is 32.2. The Balaban J connectivity index is 1.81. The van der Waals surface area contributed by atoms with Gasteiger partial charge < -0.3 is 0 Å². The molecule has 31 heavy (non-hydrogen) atoms. The Hall–Kier alpha value is -2.90. The lowest BCUT2D eigenvalue weighted by Crippen LogP contribution is -2.41. The lowest BCUT2D eigenvalue weighted by atomic mass is 10.1. The number of nitrogens with zero attached hydrogens (tertiary/aromatic N) is 1. The Bertz CT molecular complexity index is 1360. The van der Waals surface area contributed by atoms with E-state index in [1.54, 1.807) is 72.8 Å². The van der Waals surface area contributed by atoms with Gasteiger partial charge in [0.15, 0.2) is 9.84 Å². The van der Waals surface area contributed by atoms with Crippen LogP contribution in [0.4, 0.5) is 5.69 Å². The van der Waals surface area contributed by atoms with E-state index in [0.29, 0.717) is 16.8 Å². The number of fused-ring (bicyclic) bond motifs is 1. The fourth-order valence-corrected chi connectivity index (χ4v) is 7.03. The molecule has 4 rings (SSSR count). The second-order valence-electron chi connectivity index (χ2n) is 7.77. The maximum Gasteiger partial charge on any atom is 0.264 e. The molecule has 5 nitrogen and oxygen atoms in total. The van der Waals surface area contributed by atoms with Gasteiger partial charge in [0.1, 0.15) is 0 Å². The topological polar surface area (TPSA) is 71.5 Å². The molecule has 1 unspecified atom stereocenters. The molecule has 0 radical (unpaired) electrons. The molecule has 0 amide bonds. The van der Waals surface area contributed by atoms with E-state index in [2.05, 4.69) is 6.58 Å². The predicted molar refractivity (Wildman–Crippen MR) is 123 cm³/mol. The Morgan fingerprint density at radius 3 is 1.87 bits per heavy atom. The molecule has 0 saturated heterocycles. The van der Waals surface area contributed by atoms with Crippen LogP contribution in [-0.4, -0.2) is 28.6 Å². The molecule has 0 bridgehead atoms. The average molecular weight is 454 g/mol. The summed E-state index contributed by atoms with van der Waals surface area (Å²) in [4.78, 5) is 0.273. The summed E-state index contributed by atoms with van der Waals surface area (Å²) in [6.07, 6.45) is 0. The van der Waals surface area contributed by atoms with E-state index in [0.717, 1.165) is 11.1 Å². The first-order chi connectivity index (χ1) is 14.6. The summed E-state index contributed by atoms with van der Waals surface area (Å²) in [7, 11) is -7.76. The van der Waals surface area contributed by atoms with Gasteiger partial charge in [0, 0.05) is 5.56 Å². The third kappa shape index (κ3) is 3.79. The van der Waals surface area contributed by atoms with E-state index < -0.39 is 31.7 Å². The Kier molecular flexibility index (Phi) is 5.27. The highest BCUT2D eigenvalue weighted by Gasteiger charge is 2.43. The normalized spacial score (nSPS) is 16.4. The van der Waals surface area contributed by atoms with Crippen LogP contribution < -0.4 is 4.31 Å². The molecular weight excluding hydrogens is 430 g/mol. The van der Waals surface area contributed by atoms with Crippen molar-refractivity contribution in [1.82, 2.24) is 0 Å². The van der Waals surface area contributed by atoms with Crippen molar-refractivity contribution in [1.29, 1.82) is 0 Å². The standard InChI is InChI=1S/C24H23NO4S2/c1-17-8-12-20(13-9-17)30(26,27)16-24-19(3)22-6-4-5-7-23(22)25(24)31(28,29)21-14-10-18(2)11-15-21/h4-15,24H,3,16H2,1-2H3. The molecule has 0 N–H and O–H groups in total.